The van der Waals surface area contributed by atoms with Gasteiger partial charge in [-0.15, -0.1) is 0 Å². The number of nitrogens with zero attached hydrogens (tertiary/aromatic N) is 2. The van der Waals surface area contributed by atoms with E-state index in [2.05, 4.69) is 15.3 Å². The zero-order valence-electron chi connectivity index (χ0n) is 10.1. The molecule has 0 fully saturated rings. The van der Waals surface area contributed by atoms with Gasteiger partial charge in [-0.25, -0.2) is 14.8 Å². The summed E-state index contributed by atoms with van der Waals surface area (Å²) in [5.74, 6) is -0.605. The van der Waals surface area contributed by atoms with Crippen LogP contribution in [-0.2, 0) is 0 Å². The Morgan fingerprint density at radius 2 is 1.94 bits per heavy atom. The molecule has 1 heterocycles. The number of rotatable bonds is 3. The minimum absolute atomic E-state index is 0.0312. The summed E-state index contributed by atoms with van der Waals surface area (Å²) in [5.41, 5.74) is 3.20. The average Bonchev–Trinajstić information content (AvgIpc) is 2.34. The van der Waals surface area contributed by atoms with Crippen LogP contribution in [-0.4, -0.2) is 21.0 Å². The molecule has 2 aromatic rings. The highest BCUT2D eigenvalue weighted by atomic mass is 16.4. The maximum absolute atomic E-state index is 10.8. The van der Waals surface area contributed by atoms with Crippen molar-refractivity contribution >= 4 is 17.5 Å². The SMILES string of the molecule is Cc1ccc(Nc2cc(C(=O)O)ncn2)cc1C. The number of nitrogens with one attached hydrogen (secondary N) is 1. The fourth-order valence-electron chi connectivity index (χ4n) is 1.51. The van der Waals surface area contributed by atoms with Gasteiger partial charge in [-0.1, -0.05) is 6.07 Å². The second-order valence-corrected chi connectivity index (χ2v) is 4.02. The summed E-state index contributed by atoms with van der Waals surface area (Å²) in [6.07, 6.45) is 1.23. The van der Waals surface area contributed by atoms with E-state index in [0.717, 1.165) is 11.3 Å². The van der Waals surface area contributed by atoms with Gasteiger partial charge in [0.1, 0.15) is 12.1 Å². The third-order valence-electron chi connectivity index (χ3n) is 2.67. The zero-order chi connectivity index (χ0) is 13.1. The van der Waals surface area contributed by atoms with Crippen molar-refractivity contribution in [1.82, 2.24) is 9.97 Å². The normalized spacial score (nSPS) is 10.1. The largest absolute Gasteiger partial charge is 0.477 e. The van der Waals surface area contributed by atoms with E-state index in [1.165, 1.54) is 18.0 Å². The number of carboxylic acids is 1. The monoisotopic (exact) mass is 243 g/mol. The molecule has 92 valence electrons. The molecule has 0 spiro atoms. The highest BCUT2D eigenvalue weighted by Gasteiger charge is 2.06. The quantitative estimate of drug-likeness (QED) is 0.866. The molecule has 0 aliphatic carbocycles. The minimum atomic E-state index is -1.07. The van der Waals surface area contributed by atoms with Gasteiger partial charge in [0, 0.05) is 11.8 Å². The van der Waals surface area contributed by atoms with E-state index < -0.39 is 5.97 Å². The second kappa shape index (κ2) is 4.83. The molecular weight excluding hydrogens is 230 g/mol. The molecule has 0 aliphatic rings. The van der Waals surface area contributed by atoms with E-state index in [1.54, 1.807) is 0 Å². The molecule has 5 heteroatoms. The van der Waals surface area contributed by atoms with Crippen LogP contribution < -0.4 is 5.32 Å². The van der Waals surface area contributed by atoms with Crippen molar-refractivity contribution in [3.63, 3.8) is 0 Å². The standard InChI is InChI=1S/C13H13N3O2/c1-8-3-4-10(5-9(8)2)16-12-6-11(13(17)18)14-7-15-12/h3-7H,1-2H3,(H,17,18)(H,14,15,16). The molecule has 0 radical (unpaired) electrons. The van der Waals surface area contributed by atoms with Crippen molar-refractivity contribution in [2.75, 3.05) is 5.32 Å². The van der Waals surface area contributed by atoms with E-state index in [-0.39, 0.29) is 5.69 Å². The van der Waals surface area contributed by atoms with E-state index in [4.69, 9.17) is 5.11 Å². The molecule has 2 N–H and O–H groups in total. The number of anilines is 2. The molecule has 0 saturated carbocycles. The van der Waals surface area contributed by atoms with Gasteiger partial charge in [0.25, 0.3) is 0 Å². The molecule has 0 amide bonds. The molecule has 0 unspecified atom stereocenters. The maximum atomic E-state index is 10.8. The zero-order valence-corrected chi connectivity index (χ0v) is 10.1. The summed E-state index contributed by atoms with van der Waals surface area (Å²) in [4.78, 5) is 18.4. The second-order valence-electron chi connectivity index (χ2n) is 4.02. The van der Waals surface area contributed by atoms with E-state index >= 15 is 0 Å². The Hall–Kier alpha value is -2.43. The lowest BCUT2D eigenvalue weighted by Crippen LogP contribution is -2.03. The van der Waals surface area contributed by atoms with Gasteiger partial charge >= 0.3 is 5.97 Å². The first-order chi connectivity index (χ1) is 8.56. The predicted molar refractivity (Wildman–Crippen MR) is 68.2 cm³/mol. The van der Waals surface area contributed by atoms with E-state index in [0.29, 0.717) is 5.82 Å². The number of aromatic carboxylic acids is 1. The molecule has 1 aromatic heterocycles. The van der Waals surface area contributed by atoms with Crippen LogP contribution in [0.1, 0.15) is 21.6 Å². The van der Waals surface area contributed by atoms with Crippen molar-refractivity contribution in [1.29, 1.82) is 0 Å². The van der Waals surface area contributed by atoms with Crippen molar-refractivity contribution < 1.29 is 9.90 Å². The van der Waals surface area contributed by atoms with Crippen molar-refractivity contribution in [3.8, 4) is 0 Å². The number of hydrogen-bond acceptors (Lipinski definition) is 4. The Balaban J connectivity index is 2.25. The van der Waals surface area contributed by atoms with Crippen LogP contribution in [0.3, 0.4) is 0 Å². The van der Waals surface area contributed by atoms with Crippen molar-refractivity contribution in [2.45, 2.75) is 13.8 Å². The van der Waals surface area contributed by atoms with Crippen LogP contribution in [0.5, 0.6) is 0 Å². The summed E-state index contributed by atoms with van der Waals surface area (Å²) < 4.78 is 0. The highest BCUT2D eigenvalue weighted by Crippen LogP contribution is 2.18. The molecule has 0 saturated heterocycles. The van der Waals surface area contributed by atoms with Gasteiger partial charge in [-0.05, 0) is 37.1 Å². The van der Waals surface area contributed by atoms with Crippen molar-refractivity contribution in [2.24, 2.45) is 0 Å². The first-order valence-corrected chi connectivity index (χ1v) is 5.46. The van der Waals surface area contributed by atoms with E-state index in [1.807, 2.05) is 32.0 Å². The molecular formula is C13H13N3O2. The average molecular weight is 243 g/mol. The topological polar surface area (TPSA) is 75.1 Å². The number of carboxylic acid groups (broad SMARTS) is 1. The number of hydrogen-bond donors (Lipinski definition) is 2. The minimum Gasteiger partial charge on any atom is -0.477 e. The van der Waals surface area contributed by atoms with Crippen LogP contribution in [0, 0.1) is 13.8 Å². The van der Waals surface area contributed by atoms with Crippen LogP contribution >= 0.6 is 0 Å². The fraction of sp³-hybridized carbons (Fsp3) is 0.154. The summed E-state index contributed by atoms with van der Waals surface area (Å²) in [5, 5.41) is 11.9. The summed E-state index contributed by atoms with van der Waals surface area (Å²) in [7, 11) is 0. The molecule has 2 rings (SSSR count). The Bertz CT molecular complexity index is 597. The fourth-order valence-corrected chi connectivity index (χ4v) is 1.51. The Morgan fingerprint density at radius 1 is 1.17 bits per heavy atom. The molecule has 0 atom stereocenters. The van der Waals surface area contributed by atoms with Crippen molar-refractivity contribution in [3.05, 3.63) is 47.4 Å². The highest BCUT2D eigenvalue weighted by molar-refractivity contribution is 5.86. The Morgan fingerprint density at radius 3 is 2.61 bits per heavy atom. The third kappa shape index (κ3) is 2.63. The number of carbonyl (C=O) groups is 1. The number of benzene rings is 1. The van der Waals surface area contributed by atoms with Crippen LogP contribution in [0.4, 0.5) is 11.5 Å². The van der Waals surface area contributed by atoms with Gasteiger partial charge in [-0.2, -0.15) is 0 Å². The smallest absolute Gasteiger partial charge is 0.354 e. The molecule has 0 aliphatic heterocycles. The summed E-state index contributed by atoms with van der Waals surface area (Å²) >= 11 is 0. The Labute approximate surface area is 105 Å². The first-order valence-electron chi connectivity index (χ1n) is 5.46. The molecule has 18 heavy (non-hydrogen) atoms. The Kier molecular flexibility index (Phi) is 3.23. The lowest BCUT2D eigenvalue weighted by Gasteiger charge is -2.08. The lowest BCUT2D eigenvalue weighted by molar-refractivity contribution is 0.0690. The summed E-state index contributed by atoms with van der Waals surface area (Å²) in [6.45, 7) is 4.05. The third-order valence-corrected chi connectivity index (χ3v) is 2.67. The predicted octanol–water partition coefficient (Wildman–Crippen LogP) is 2.54. The maximum Gasteiger partial charge on any atom is 0.354 e. The number of aryl methyl sites for hydroxylation is 2. The van der Waals surface area contributed by atoms with E-state index in [9.17, 15) is 4.79 Å². The van der Waals surface area contributed by atoms with Gasteiger partial charge in [0.2, 0.25) is 0 Å². The van der Waals surface area contributed by atoms with Crippen LogP contribution in [0.2, 0.25) is 0 Å². The first kappa shape index (κ1) is 12.0. The molecule has 0 bridgehead atoms. The van der Waals surface area contributed by atoms with Gasteiger partial charge in [0.15, 0.2) is 5.69 Å². The molecule has 5 nitrogen and oxygen atoms in total. The number of aromatic nitrogens is 2. The van der Waals surface area contributed by atoms with Crippen LogP contribution in [0.15, 0.2) is 30.6 Å². The van der Waals surface area contributed by atoms with Gasteiger partial charge < -0.3 is 10.4 Å². The summed E-state index contributed by atoms with van der Waals surface area (Å²) in [6, 6.07) is 7.30. The van der Waals surface area contributed by atoms with Crippen LogP contribution in [0.25, 0.3) is 0 Å². The van der Waals surface area contributed by atoms with Gasteiger partial charge in [-0.3, -0.25) is 0 Å². The van der Waals surface area contributed by atoms with Gasteiger partial charge in [0.05, 0.1) is 0 Å². The molecule has 1 aromatic carbocycles. The lowest BCUT2D eigenvalue weighted by atomic mass is 10.1.